The highest BCUT2D eigenvalue weighted by atomic mass is 16.3. The topological polar surface area (TPSA) is 32.3 Å². The summed E-state index contributed by atoms with van der Waals surface area (Å²) < 4.78 is 0. The van der Waals surface area contributed by atoms with Crippen molar-refractivity contribution in [3.05, 3.63) is 65.2 Å². The molecule has 1 unspecified atom stereocenters. The Kier molecular flexibility index (Phi) is 4.58. The number of phenolic OH excluding ortho intramolecular Hbond substituents is 1. The zero-order valence-electron chi connectivity index (χ0n) is 11.6. The fourth-order valence-electron chi connectivity index (χ4n) is 2.43. The van der Waals surface area contributed by atoms with Gasteiger partial charge in [0.1, 0.15) is 5.75 Å². The number of hydrogen-bond donors (Lipinski definition) is 2. The van der Waals surface area contributed by atoms with Crippen molar-refractivity contribution >= 4 is 0 Å². The Morgan fingerprint density at radius 2 is 1.84 bits per heavy atom. The molecular formula is C17H21NO. The van der Waals surface area contributed by atoms with E-state index in [0.717, 1.165) is 18.5 Å². The lowest BCUT2D eigenvalue weighted by atomic mass is 9.87. The first kappa shape index (κ1) is 13.6. The van der Waals surface area contributed by atoms with E-state index in [0.29, 0.717) is 5.75 Å². The van der Waals surface area contributed by atoms with E-state index in [1.54, 1.807) is 6.07 Å². The molecule has 0 radical (unpaired) electrons. The highest BCUT2D eigenvalue weighted by Crippen LogP contribution is 2.34. The summed E-state index contributed by atoms with van der Waals surface area (Å²) in [4.78, 5) is 0. The molecule has 19 heavy (non-hydrogen) atoms. The van der Waals surface area contributed by atoms with Crippen molar-refractivity contribution in [3.63, 3.8) is 0 Å². The second kappa shape index (κ2) is 6.39. The van der Waals surface area contributed by atoms with Crippen LogP contribution < -0.4 is 5.32 Å². The van der Waals surface area contributed by atoms with E-state index in [4.69, 9.17) is 0 Å². The smallest absolute Gasteiger partial charge is 0.119 e. The lowest BCUT2D eigenvalue weighted by Crippen LogP contribution is -2.13. The van der Waals surface area contributed by atoms with E-state index >= 15 is 0 Å². The average Bonchev–Trinajstić information content (AvgIpc) is 2.44. The zero-order valence-corrected chi connectivity index (χ0v) is 11.6. The third-order valence-corrected chi connectivity index (χ3v) is 3.44. The van der Waals surface area contributed by atoms with Gasteiger partial charge in [-0.2, -0.15) is 0 Å². The minimum Gasteiger partial charge on any atom is -0.508 e. The number of benzene rings is 2. The molecule has 2 aromatic carbocycles. The van der Waals surface area contributed by atoms with Crippen LogP contribution in [0.4, 0.5) is 0 Å². The fraction of sp³-hybridized carbons (Fsp3) is 0.294. The van der Waals surface area contributed by atoms with Gasteiger partial charge in [-0.25, -0.2) is 0 Å². The molecule has 2 heteroatoms. The van der Waals surface area contributed by atoms with Gasteiger partial charge in [0.15, 0.2) is 0 Å². The summed E-state index contributed by atoms with van der Waals surface area (Å²) in [5.41, 5.74) is 3.44. The maximum Gasteiger partial charge on any atom is 0.119 e. The van der Waals surface area contributed by atoms with Crippen LogP contribution in [0.15, 0.2) is 48.5 Å². The van der Waals surface area contributed by atoms with E-state index in [1.165, 1.54) is 11.1 Å². The number of phenols is 1. The molecule has 2 nitrogen and oxygen atoms in total. The van der Waals surface area contributed by atoms with Crippen LogP contribution in [-0.4, -0.2) is 18.7 Å². The molecule has 0 fully saturated rings. The Bertz CT molecular complexity index is 522. The maximum atomic E-state index is 10.1. The molecule has 0 aliphatic carbocycles. The quantitative estimate of drug-likeness (QED) is 0.857. The molecule has 0 aromatic heterocycles. The Balaban J connectivity index is 2.40. The Morgan fingerprint density at radius 3 is 2.53 bits per heavy atom. The summed E-state index contributed by atoms with van der Waals surface area (Å²) in [6, 6.07) is 16.2. The fourth-order valence-corrected chi connectivity index (χ4v) is 2.43. The van der Waals surface area contributed by atoms with Crippen LogP contribution in [0, 0.1) is 6.92 Å². The molecule has 0 amide bonds. The molecule has 0 aliphatic rings. The molecular weight excluding hydrogens is 234 g/mol. The van der Waals surface area contributed by atoms with Gasteiger partial charge in [-0.15, -0.1) is 0 Å². The first-order valence-electron chi connectivity index (χ1n) is 6.71. The number of rotatable bonds is 5. The standard InChI is InChI=1S/C17H21NO/c1-13-8-9-17(19)16(12-13)15(10-11-18-2)14-6-4-3-5-7-14/h3-9,12,15,18-19H,10-11H2,1-2H3. The molecule has 2 rings (SSSR count). The van der Waals surface area contributed by atoms with Gasteiger partial charge >= 0.3 is 0 Å². The second-order valence-corrected chi connectivity index (χ2v) is 4.92. The molecule has 2 aromatic rings. The normalized spacial score (nSPS) is 12.3. The summed E-state index contributed by atoms with van der Waals surface area (Å²) in [5.74, 6) is 0.615. The molecule has 1 atom stereocenters. The van der Waals surface area contributed by atoms with Crippen molar-refractivity contribution in [2.75, 3.05) is 13.6 Å². The van der Waals surface area contributed by atoms with Crippen LogP contribution >= 0.6 is 0 Å². The minimum atomic E-state index is 0.230. The van der Waals surface area contributed by atoms with Gasteiger partial charge in [-0.1, -0.05) is 48.0 Å². The first-order valence-corrected chi connectivity index (χ1v) is 6.71. The number of aryl methyl sites for hydroxylation is 1. The first-order chi connectivity index (χ1) is 9.22. The highest BCUT2D eigenvalue weighted by molar-refractivity contribution is 5.43. The summed E-state index contributed by atoms with van der Waals surface area (Å²) in [7, 11) is 1.96. The molecule has 2 N–H and O–H groups in total. The average molecular weight is 255 g/mol. The van der Waals surface area contributed by atoms with E-state index in [1.807, 2.05) is 19.2 Å². The van der Waals surface area contributed by atoms with Gasteiger partial charge in [-0.3, -0.25) is 0 Å². The van der Waals surface area contributed by atoms with Crippen LogP contribution in [0.3, 0.4) is 0 Å². The highest BCUT2D eigenvalue weighted by Gasteiger charge is 2.17. The van der Waals surface area contributed by atoms with Gasteiger partial charge in [-0.05, 0) is 38.6 Å². The van der Waals surface area contributed by atoms with Gasteiger partial charge < -0.3 is 10.4 Å². The Morgan fingerprint density at radius 1 is 1.11 bits per heavy atom. The van der Waals surface area contributed by atoms with Crippen molar-refractivity contribution in [2.45, 2.75) is 19.3 Å². The van der Waals surface area contributed by atoms with E-state index in [2.05, 4.69) is 42.6 Å². The van der Waals surface area contributed by atoms with E-state index in [-0.39, 0.29) is 5.92 Å². The molecule has 0 heterocycles. The molecule has 100 valence electrons. The van der Waals surface area contributed by atoms with Crippen molar-refractivity contribution in [3.8, 4) is 5.75 Å². The Labute approximate surface area is 115 Å². The summed E-state index contributed by atoms with van der Waals surface area (Å²) >= 11 is 0. The summed E-state index contributed by atoms with van der Waals surface area (Å²) in [6.07, 6.45) is 0.970. The lowest BCUT2D eigenvalue weighted by Gasteiger charge is -2.19. The molecule has 0 saturated carbocycles. The molecule has 0 bridgehead atoms. The molecule has 0 aliphatic heterocycles. The van der Waals surface area contributed by atoms with Gasteiger partial charge in [0, 0.05) is 11.5 Å². The van der Waals surface area contributed by atoms with Crippen molar-refractivity contribution in [1.29, 1.82) is 0 Å². The third-order valence-electron chi connectivity index (χ3n) is 3.44. The second-order valence-electron chi connectivity index (χ2n) is 4.92. The molecule has 0 saturated heterocycles. The van der Waals surface area contributed by atoms with Crippen LogP contribution in [0.5, 0.6) is 5.75 Å². The third kappa shape index (κ3) is 3.36. The van der Waals surface area contributed by atoms with Crippen LogP contribution in [0.1, 0.15) is 29.0 Å². The van der Waals surface area contributed by atoms with Gasteiger partial charge in [0.05, 0.1) is 0 Å². The van der Waals surface area contributed by atoms with E-state index in [9.17, 15) is 5.11 Å². The van der Waals surface area contributed by atoms with Gasteiger partial charge in [0.2, 0.25) is 0 Å². The van der Waals surface area contributed by atoms with Crippen molar-refractivity contribution in [2.24, 2.45) is 0 Å². The van der Waals surface area contributed by atoms with E-state index < -0.39 is 0 Å². The minimum absolute atomic E-state index is 0.230. The molecule has 0 spiro atoms. The number of nitrogens with one attached hydrogen (secondary N) is 1. The van der Waals surface area contributed by atoms with Crippen LogP contribution in [0.25, 0.3) is 0 Å². The van der Waals surface area contributed by atoms with Crippen LogP contribution in [-0.2, 0) is 0 Å². The van der Waals surface area contributed by atoms with Crippen molar-refractivity contribution in [1.82, 2.24) is 5.32 Å². The predicted octanol–water partition coefficient (Wildman–Crippen LogP) is 3.44. The number of hydrogen-bond acceptors (Lipinski definition) is 2. The largest absolute Gasteiger partial charge is 0.508 e. The number of aromatic hydroxyl groups is 1. The maximum absolute atomic E-state index is 10.1. The SMILES string of the molecule is CNCCC(c1ccccc1)c1cc(C)ccc1O. The monoisotopic (exact) mass is 255 g/mol. The zero-order chi connectivity index (χ0) is 13.7. The summed E-state index contributed by atoms with van der Waals surface area (Å²) in [5, 5.41) is 13.3. The van der Waals surface area contributed by atoms with Gasteiger partial charge in [0.25, 0.3) is 0 Å². The predicted molar refractivity (Wildman–Crippen MR) is 79.7 cm³/mol. The van der Waals surface area contributed by atoms with Crippen molar-refractivity contribution < 1.29 is 5.11 Å². The lowest BCUT2D eigenvalue weighted by molar-refractivity contribution is 0.462. The van der Waals surface area contributed by atoms with Crippen LogP contribution in [0.2, 0.25) is 0 Å². The Hall–Kier alpha value is -1.80. The summed E-state index contributed by atoms with van der Waals surface area (Å²) in [6.45, 7) is 2.98.